The number of ether oxygens (including phenoxy) is 1. The van der Waals surface area contributed by atoms with Crippen LogP contribution in [0.1, 0.15) is 39.5 Å². The van der Waals surface area contributed by atoms with E-state index in [1.165, 1.54) is 6.92 Å². The van der Waals surface area contributed by atoms with Crippen LogP contribution in [0.15, 0.2) is 12.2 Å². The summed E-state index contributed by atoms with van der Waals surface area (Å²) in [6.07, 6.45) is 3.95. The zero-order valence-electron chi connectivity index (χ0n) is 12.7. The summed E-state index contributed by atoms with van der Waals surface area (Å²) in [5, 5.41) is 1.54. The first-order valence-corrected chi connectivity index (χ1v) is 7.75. The van der Waals surface area contributed by atoms with Gasteiger partial charge in [0.15, 0.2) is 0 Å². The Kier molecular flexibility index (Phi) is 3.78. The summed E-state index contributed by atoms with van der Waals surface area (Å²) in [5.41, 5.74) is 0.516. The van der Waals surface area contributed by atoms with Gasteiger partial charge < -0.3 is 4.74 Å². The molecule has 1 heterocycles. The van der Waals surface area contributed by atoms with E-state index in [-0.39, 0.29) is 24.0 Å². The van der Waals surface area contributed by atoms with Crippen LogP contribution in [0.2, 0.25) is 0 Å². The standard InChI is InChI=1S/C16H23NO4/c1-9(2)16(19)17-15-7-12-6-14(21-10(3)18)5-11(12)4-13(15)8-20-17/h11-15H,1,4-8H2,2-3H3. The van der Waals surface area contributed by atoms with Crippen LogP contribution in [0.3, 0.4) is 0 Å². The second-order valence-electron chi connectivity index (χ2n) is 6.73. The molecule has 0 aromatic rings. The van der Waals surface area contributed by atoms with Gasteiger partial charge in [0, 0.05) is 18.4 Å². The van der Waals surface area contributed by atoms with Crippen LogP contribution in [0.25, 0.3) is 0 Å². The molecule has 0 aromatic heterocycles. The summed E-state index contributed by atoms with van der Waals surface area (Å²) in [6.45, 7) is 7.53. The van der Waals surface area contributed by atoms with Crippen LogP contribution in [0.5, 0.6) is 0 Å². The highest BCUT2D eigenvalue weighted by Crippen LogP contribution is 2.48. The van der Waals surface area contributed by atoms with Crippen molar-refractivity contribution in [3.8, 4) is 0 Å². The van der Waals surface area contributed by atoms with Gasteiger partial charge in [-0.1, -0.05) is 6.58 Å². The van der Waals surface area contributed by atoms with Crippen molar-refractivity contribution in [3.05, 3.63) is 12.2 Å². The average molecular weight is 293 g/mol. The predicted molar refractivity (Wildman–Crippen MR) is 75.9 cm³/mol. The molecule has 0 radical (unpaired) electrons. The minimum Gasteiger partial charge on any atom is -0.463 e. The second-order valence-corrected chi connectivity index (χ2v) is 6.73. The molecule has 5 atom stereocenters. The van der Waals surface area contributed by atoms with E-state index in [2.05, 4.69) is 6.58 Å². The molecule has 0 bridgehead atoms. The number of hydroxylamine groups is 2. The van der Waals surface area contributed by atoms with E-state index in [0.717, 1.165) is 25.7 Å². The third-order valence-corrected chi connectivity index (χ3v) is 5.12. The fourth-order valence-electron chi connectivity index (χ4n) is 4.25. The fraction of sp³-hybridized carbons (Fsp3) is 0.750. The SMILES string of the molecule is C=C(C)C(=O)N1OCC2CC3CC(OC(C)=O)CC3CC21. The van der Waals surface area contributed by atoms with Gasteiger partial charge >= 0.3 is 5.97 Å². The predicted octanol–water partition coefficient (Wildman–Crippen LogP) is 2.07. The Morgan fingerprint density at radius 1 is 1.10 bits per heavy atom. The quantitative estimate of drug-likeness (QED) is 0.578. The Labute approximate surface area is 125 Å². The van der Waals surface area contributed by atoms with Gasteiger partial charge in [0.05, 0.1) is 12.6 Å². The van der Waals surface area contributed by atoms with Crippen molar-refractivity contribution in [2.75, 3.05) is 6.61 Å². The van der Waals surface area contributed by atoms with Gasteiger partial charge in [-0.05, 0) is 44.4 Å². The van der Waals surface area contributed by atoms with Crippen molar-refractivity contribution >= 4 is 11.9 Å². The lowest BCUT2D eigenvalue weighted by molar-refractivity contribution is -0.173. The summed E-state index contributed by atoms with van der Waals surface area (Å²) in [7, 11) is 0. The Hall–Kier alpha value is -1.36. The van der Waals surface area contributed by atoms with Gasteiger partial charge in [-0.25, -0.2) is 5.06 Å². The molecule has 2 saturated carbocycles. The van der Waals surface area contributed by atoms with E-state index < -0.39 is 0 Å². The van der Waals surface area contributed by atoms with Crippen LogP contribution in [-0.2, 0) is 19.2 Å². The number of nitrogens with zero attached hydrogens (tertiary/aromatic N) is 1. The molecule has 0 spiro atoms. The minimum atomic E-state index is -0.193. The van der Waals surface area contributed by atoms with Crippen molar-refractivity contribution < 1.29 is 19.2 Å². The van der Waals surface area contributed by atoms with Gasteiger partial charge in [0.1, 0.15) is 6.10 Å². The van der Waals surface area contributed by atoms with Crippen LogP contribution < -0.4 is 0 Å². The van der Waals surface area contributed by atoms with Crippen LogP contribution in [0, 0.1) is 17.8 Å². The molecule has 116 valence electrons. The molecule has 5 heteroatoms. The maximum absolute atomic E-state index is 12.1. The first-order chi connectivity index (χ1) is 9.95. The number of esters is 1. The van der Waals surface area contributed by atoms with E-state index in [1.54, 1.807) is 12.0 Å². The second kappa shape index (κ2) is 5.44. The Morgan fingerprint density at radius 2 is 1.76 bits per heavy atom. The van der Waals surface area contributed by atoms with Crippen LogP contribution in [0.4, 0.5) is 0 Å². The molecular weight excluding hydrogens is 270 g/mol. The molecule has 5 nitrogen and oxygen atoms in total. The Morgan fingerprint density at radius 3 is 2.38 bits per heavy atom. The summed E-state index contributed by atoms with van der Waals surface area (Å²) in [5.74, 6) is 1.24. The molecule has 2 aliphatic carbocycles. The van der Waals surface area contributed by atoms with Crippen molar-refractivity contribution in [2.45, 2.75) is 51.7 Å². The van der Waals surface area contributed by atoms with Crippen LogP contribution >= 0.6 is 0 Å². The number of hydrogen-bond acceptors (Lipinski definition) is 4. The molecule has 3 fully saturated rings. The lowest BCUT2D eigenvalue weighted by Crippen LogP contribution is -2.42. The number of carbonyl (C=O) groups excluding carboxylic acids is 2. The highest BCUT2D eigenvalue weighted by atomic mass is 16.7. The minimum absolute atomic E-state index is 0.0579. The number of hydrogen-bond donors (Lipinski definition) is 0. The first kappa shape index (κ1) is 14.6. The number of fused-ring (bicyclic) bond motifs is 2. The van der Waals surface area contributed by atoms with Crippen molar-refractivity contribution in [2.24, 2.45) is 17.8 Å². The number of rotatable bonds is 2. The molecule has 1 amide bonds. The largest absolute Gasteiger partial charge is 0.463 e. The van der Waals surface area contributed by atoms with Gasteiger partial charge in [0.25, 0.3) is 5.91 Å². The highest BCUT2D eigenvalue weighted by Gasteiger charge is 2.49. The topological polar surface area (TPSA) is 55.8 Å². The Balaban J connectivity index is 1.66. The molecule has 21 heavy (non-hydrogen) atoms. The summed E-state index contributed by atoms with van der Waals surface area (Å²) in [6, 6.07) is 0.159. The number of carbonyl (C=O) groups is 2. The zero-order valence-corrected chi connectivity index (χ0v) is 12.7. The molecule has 3 aliphatic rings. The third-order valence-electron chi connectivity index (χ3n) is 5.12. The molecule has 3 rings (SSSR count). The molecule has 1 aliphatic heterocycles. The highest BCUT2D eigenvalue weighted by molar-refractivity contribution is 5.91. The average Bonchev–Trinajstić information content (AvgIpc) is 2.96. The van der Waals surface area contributed by atoms with Gasteiger partial charge in [-0.15, -0.1) is 0 Å². The smallest absolute Gasteiger partial charge is 0.302 e. The lowest BCUT2D eigenvalue weighted by atomic mass is 9.73. The van der Waals surface area contributed by atoms with E-state index >= 15 is 0 Å². The maximum Gasteiger partial charge on any atom is 0.302 e. The molecular formula is C16H23NO4. The van der Waals surface area contributed by atoms with E-state index in [4.69, 9.17) is 9.57 Å². The molecule has 0 aromatic carbocycles. The van der Waals surface area contributed by atoms with Crippen LogP contribution in [-0.4, -0.2) is 35.7 Å². The monoisotopic (exact) mass is 293 g/mol. The molecule has 5 unspecified atom stereocenters. The fourth-order valence-corrected chi connectivity index (χ4v) is 4.25. The van der Waals surface area contributed by atoms with E-state index in [9.17, 15) is 9.59 Å². The molecule has 1 saturated heterocycles. The number of amides is 1. The van der Waals surface area contributed by atoms with Gasteiger partial charge in [-0.3, -0.25) is 14.4 Å². The van der Waals surface area contributed by atoms with E-state index in [1.807, 2.05) is 0 Å². The lowest BCUT2D eigenvalue weighted by Gasteiger charge is -2.35. The summed E-state index contributed by atoms with van der Waals surface area (Å²) >= 11 is 0. The van der Waals surface area contributed by atoms with Crippen molar-refractivity contribution in [3.63, 3.8) is 0 Å². The van der Waals surface area contributed by atoms with Gasteiger partial charge in [0.2, 0.25) is 0 Å². The maximum atomic E-state index is 12.1. The normalized spacial score (nSPS) is 37.8. The zero-order chi connectivity index (χ0) is 15.1. The van der Waals surface area contributed by atoms with Crippen molar-refractivity contribution in [1.82, 2.24) is 5.06 Å². The van der Waals surface area contributed by atoms with E-state index in [0.29, 0.717) is 29.9 Å². The first-order valence-electron chi connectivity index (χ1n) is 7.75. The summed E-state index contributed by atoms with van der Waals surface area (Å²) in [4.78, 5) is 28.9. The molecule has 0 N–H and O–H groups in total. The van der Waals surface area contributed by atoms with Crippen molar-refractivity contribution in [1.29, 1.82) is 0 Å². The summed E-state index contributed by atoms with van der Waals surface area (Å²) < 4.78 is 5.37. The Bertz CT molecular complexity index is 475. The third kappa shape index (κ3) is 2.71. The van der Waals surface area contributed by atoms with Gasteiger partial charge in [-0.2, -0.15) is 0 Å².